The number of aromatic nitrogens is 2. The minimum atomic E-state index is 0.684. The molecular weight excluding hydrogens is 350 g/mol. The van der Waals surface area contributed by atoms with Crippen molar-refractivity contribution in [2.45, 2.75) is 26.7 Å². The van der Waals surface area contributed by atoms with Crippen LogP contribution in [0.1, 0.15) is 30.0 Å². The van der Waals surface area contributed by atoms with Gasteiger partial charge in [0.05, 0.1) is 42.9 Å². The van der Waals surface area contributed by atoms with Gasteiger partial charge in [-0.05, 0) is 36.6 Å². The lowest BCUT2D eigenvalue weighted by Crippen LogP contribution is -3.14. The van der Waals surface area contributed by atoms with Crippen molar-refractivity contribution in [2.24, 2.45) is 0 Å². The van der Waals surface area contributed by atoms with Crippen molar-refractivity contribution in [1.82, 2.24) is 9.38 Å². The first-order valence-corrected chi connectivity index (χ1v) is 10.2. The zero-order chi connectivity index (χ0) is 19.5. The van der Waals surface area contributed by atoms with E-state index in [0.717, 1.165) is 80.3 Å². The van der Waals surface area contributed by atoms with Crippen LogP contribution in [-0.4, -0.2) is 48.8 Å². The van der Waals surface area contributed by atoms with Crippen molar-refractivity contribution >= 4 is 22.5 Å². The number of quaternary nitrogens is 1. The average molecular weight is 379 g/mol. The van der Waals surface area contributed by atoms with Gasteiger partial charge in [-0.25, -0.2) is 4.98 Å². The number of benzene rings is 1. The Labute approximate surface area is 165 Å². The number of morpholine rings is 1. The van der Waals surface area contributed by atoms with Crippen molar-refractivity contribution in [3.05, 3.63) is 41.0 Å². The lowest BCUT2D eigenvalue weighted by Gasteiger charge is -2.24. The minimum Gasteiger partial charge on any atom is -0.370 e. The van der Waals surface area contributed by atoms with Crippen LogP contribution in [0.3, 0.4) is 0 Å². The summed E-state index contributed by atoms with van der Waals surface area (Å²) in [7, 11) is 0. The third-order valence-electron chi connectivity index (χ3n) is 5.70. The van der Waals surface area contributed by atoms with Crippen LogP contribution in [0, 0.1) is 18.3 Å². The highest BCUT2D eigenvalue weighted by atomic mass is 16.5. The molecule has 0 spiro atoms. The molecule has 0 saturated carbocycles. The highest BCUT2D eigenvalue weighted by molar-refractivity contribution is 5.86. The van der Waals surface area contributed by atoms with Crippen LogP contribution in [-0.2, 0) is 11.2 Å². The quantitative estimate of drug-likeness (QED) is 0.688. The summed E-state index contributed by atoms with van der Waals surface area (Å²) in [5, 5.41) is 13.5. The van der Waals surface area contributed by atoms with E-state index in [1.807, 2.05) is 18.2 Å². The molecule has 4 rings (SSSR count). The molecule has 0 unspecified atom stereocenters. The second-order valence-electron chi connectivity index (χ2n) is 7.49. The summed E-state index contributed by atoms with van der Waals surface area (Å²) in [4.78, 5) is 6.36. The SMILES string of the molecule is CCCc1c(C)c(C#N)c2nc3ccccc3n2c1NCC[NH+]1CCOCC1. The Bertz CT molecular complexity index is 1030. The summed E-state index contributed by atoms with van der Waals surface area (Å²) in [6.07, 6.45) is 1.98. The lowest BCUT2D eigenvalue weighted by molar-refractivity contribution is -0.906. The van der Waals surface area contributed by atoms with Gasteiger partial charge < -0.3 is 15.0 Å². The maximum absolute atomic E-state index is 9.83. The summed E-state index contributed by atoms with van der Waals surface area (Å²) in [5.41, 5.74) is 5.69. The molecule has 3 aromatic rings. The van der Waals surface area contributed by atoms with Crippen LogP contribution in [0.2, 0.25) is 0 Å². The molecule has 1 aliphatic rings. The molecular formula is C22H28N5O+. The van der Waals surface area contributed by atoms with E-state index < -0.39 is 0 Å². The van der Waals surface area contributed by atoms with Gasteiger partial charge in [-0.2, -0.15) is 5.26 Å². The summed E-state index contributed by atoms with van der Waals surface area (Å²) >= 11 is 0. The van der Waals surface area contributed by atoms with Gasteiger partial charge in [-0.1, -0.05) is 25.5 Å². The van der Waals surface area contributed by atoms with Crippen LogP contribution >= 0.6 is 0 Å². The first-order chi connectivity index (χ1) is 13.7. The third-order valence-corrected chi connectivity index (χ3v) is 5.70. The number of pyridine rings is 1. The van der Waals surface area contributed by atoms with Gasteiger partial charge in [0.2, 0.25) is 0 Å². The zero-order valence-corrected chi connectivity index (χ0v) is 16.7. The van der Waals surface area contributed by atoms with Crippen LogP contribution < -0.4 is 10.2 Å². The number of fused-ring (bicyclic) bond motifs is 3. The summed E-state index contributed by atoms with van der Waals surface area (Å²) < 4.78 is 7.62. The number of rotatable bonds is 6. The van der Waals surface area contributed by atoms with Crippen LogP contribution in [0.4, 0.5) is 5.82 Å². The summed E-state index contributed by atoms with van der Waals surface area (Å²) in [6, 6.07) is 10.5. The zero-order valence-electron chi connectivity index (χ0n) is 16.7. The summed E-state index contributed by atoms with van der Waals surface area (Å²) in [5.74, 6) is 1.09. The number of anilines is 1. The predicted octanol–water partition coefficient (Wildman–Crippen LogP) is 1.95. The van der Waals surface area contributed by atoms with Crippen LogP contribution in [0.25, 0.3) is 16.7 Å². The molecule has 1 saturated heterocycles. The standard InChI is InChI=1S/C22H27N5O/c1-3-6-17-16(2)18(15-23)22-25-19-7-4-5-8-20(19)27(22)21(17)24-9-10-26-11-13-28-14-12-26/h4-5,7-8,24H,3,6,9-14H2,1-2H3/p+1. The van der Waals surface area contributed by atoms with Crippen molar-refractivity contribution in [3.8, 4) is 6.07 Å². The number of hydrogen-bond acceptors (Lipinski definition) is 4. The maximum Gasteiger partial charge on any atom is 0.157 e. The van der Waals surface area contributed by atoms with Crippen molar-refractivity contribution in [3.63, 3.8) is 0 Å². The summed E-state index contributed by atoms with van der Waals surface area (Å²) in [6.45, 7) is 10.0. The number of nitrogens with one attached hydrogen (secondary N) is 2. The van der Waals surface area contributed by atoms with Gasteiger partial charge in [0.15, 0.2) is 5.65 Å². The van der Waals surface area contributed by atoms with E-state index in [2.05, 4.69) is 35.7 Å². The topological polar surface area (TPSA) is 66.8 Å². The Morgan fingerprint density at radius 3 is 2.82 bits per heavy atom. The van der Waals surface area contributed by atoms with Crippen LogP contribution in [0.5, 0.6) is 0 Å². The number of nitrogens with zero attached hydrogens (tertiary/aromatic N) is 3. The lowest BCUT2D eigenvalue weighted by atomic mass is 10.0. The normalized spacial score (nSPS) is 15.2. The van der Waals surface area contributed by atoms with Gasteiger partial charge in [0.25, 0.3) is 0 Å². The Balaban J connectivity index is 1.79. The van der Waals surface area contributed by atoms with Crippen molar-refractivity contribution in [1.29, 1.82) is 5.26 Å². The minimum absolute atomic E-state index is 0.684. The van der Waals surface area contributed by atoms with Crippen LogP contribution in [0.15, 0.2) is 24.3 Å². The average Bonchev–Trinajstić information content (AvgIpc) is 3.10. The number of imidazole rings is 1. The molecule has 2 aromatic heterocycles. The second-order valence-corrected chi connectivity index (χ2v) is 7.49. The molecule has 2 N–H and O–H groups in total. The fraction of sp³-hybridized carbons (Fsp3) is 0.455. The monoisotopic (exact) mass is 378 g/mol. The van der Waals surface area contributed by atoms with Gasteiger partial charge in [0.1, 0.15) is 25.0 Å². The molecule has 1 aliphatic heterocycles. The number of para-hydroxylation sites is 2. The molecule has 28 heavy (non-hydrogen) atoms. The Kier molecular flexibility index (Phi) is 5.47. The van der Waals surface area contributed by atoms with Gasteiger partial charge in [-0.15, -0.1) is 0 Å². The fourth-order valence-electron chi connectivity index (χ4n) is 4.19. The predicted molar refractivity (Wildman–Crippen MR) is 111 cm³/mol. The Hall–Kier alpha value is -2.62. The molecule has 0 aliphatic carbocycles. The van der Waals surface area contributed by atoms with Gasteiger partial charge >= 0.3 is 0 Å². The molecule has 6 heteroatoms. The van der Waals surface area contributed by atoms with E-state index in [4.69, 9.17) is 9.72 Å². The maximum atomic E-state index is 9.83. The van der Waals surface area contributed by atoms with E-state index in [0.29, 0.717) is 5.56 Å². The van der Waals surface area contributed by atoms with E-state index >= 15 is 0 Å². The second kappa shape index (κ2) is 8.17. The molecule has 0 bridgehead atoms. The third kappa shape index (κ3) is 3.32. The molecule has 3 heterocycles. The molecule has 146 valence electrons. The Morgan fingerprint density at radius 1 is 1.29 bits per heavy atom. The number of hydrogen-bond donors (Lipinski definition) is 2. The number of nitriles is 1. The highest BCUT2D eigenvalue weighted by Gasteiger charge is 2.21. The highest BCUT2D eigenvalue weighted by Crippen LogP contribution is 2.31. The van der Waals surface area contributed by atoms with E-state index in [1.165, 1.54) is 5.56 Å². The van der Waals surface area contributed by atoms with E-state index in [9.17, 15) is 5.26 Å². The number of ether oxygens (including phenoxy) is 1. The van der Waals surface area contributed by atoms with E-state index in [1.54, 1.807) is 4.90 Å². The molecule has 1 aromatic carbocycles. The van der Waals surface area contributed by atoms with Crippen molar-refractivity contribution in [2.75, 3.05) is 44.7 Å². The fourth-order valence-corrected chi connectivity index (χ4v) is 4.19. The molecule has 0 amide bonds. The van der Waals surface area contributed by atoms with Gasteiger partial charge in [-0.3, -0.25) is 4.40 Å². The molecule has 0 atom stereocenters. The first kappa shape index (κ1) is 18.7. The molecule has 6 nitrogen and oxygen atoms in total. The molecule has 1 fully saturated rings. The van der Waals surface area contributed by atoms with Crippen molar-refractivity contribution < 1.29 is 9.64 Å². The smallest absolute Gasteiger partial charge is 0.157 e. The largest absolute Gasteiger partial charge is 0.370 e. The Morgan fingerprint density at radius 2 is 2.07 bits per heavy atom. The molecule has 0 radical (unpaired) electrons. The van der Waals surface area contributed by atoms with E-state index in [-0.39, 0.29) is 0 Å². The first-order valence-electron chi connectivity index (χ1n) is 10.2. The van der Waals surface area contributed by atoms with Gasteiger partial charge in [0, 0.05) is 0 Å².